The number of pyridine rings is 1. The van der Waals surface area contributed by atoms with Gasteiger partial charge in [-0.15, -0.1) is 5.10 Å². The number of hydrogen-bond acceptors (Lipinski definition) is 7. The van der Waals surface area contributed by atoms with Gasteiger partial charge >= 0.3 is 0 Å². The van der Waals surface area contributed by atoms with E-state index in [2.05, 4.69) is 39.1 Å². The van der Waals surface area contributed by atoms with E-state index < -0.39 is 0 Å². The molecule has 0 saturated carbocycles. The van der Waals surface area contributed by atoms with Crippen LogP contribution in [0.5, 0.6) is 0 Å². The zero-order valence-electron chi connectivity index (χ0n) is 9.60. The Bertz CT molecular complexity index is 491. The normalized spacial score (nSPS) is 10.5. The first kappa shape index (κ1) is 12.3. The van der Waals surface area contributed by atoms with E-state index in [1.165, 1.54) is 17.1 Å². The molecule has 0 aliphatic heterocycles. The highest BCUT2D eigenvalue weighted by Gasteiger charge is 2.08. The highest BCUT2D eigenvalue weighted by Crippen LogP contribution is 2.26. The highest BCUT2D eigenvalue weighted by molar-refractivity contribution is 7.98. The van der Waals surface area contributed by atoms with E-state index >= 15 is 0 Å². The summed E-state index contributed by atoms with van der Waals surface area (Å²) in [5.41, 5.74) is 5.70. The molecule has 0 atom stereocenters. The van der Waals surface area contributed by atoms with Crippen LogP contribution in [0.2, 0.25) is 0 Å². The van der Waals surface area contributed by atoms with Crippen molar-refractivity contribution in [2.75, 3.05) is 5.43 Å². The monoisotopic (exact) mass is 267 g/mol. The fourth-order valence-electron chi connectivity index (χ4n) is 1.43. The van der Waals surface area contributed by atoms with Crippen LogP contribution in [0.25, 0.3) is 0 Å². The third kappa shape index (κ3) is 3.15. The van der Waals surface area contributed by atoms with Gasteiger partial charge in [0.25, 0.3) is 0 Å². The molecule has 2 heterocycles. The lowest BCUT2D eigenvalue weighted by Crippen LogP contribution is -2.06. The molecule has 0 spiro atoms. The van der Waals surface area contributed by atoms with Crippen molar-refractivity contribution >= 4 is 28.3 Å². The zero-order chi connectivity index (χ0) is 12.3. The van der Waals surface area contributed by atoms with E-state index in [-0.39, 0.29) is 0 Å². The van der Waals surface area contributed by atoms with E-state index in [0.717, 1.165) is 21.4 Å². The van der Waals surface area contributed by atoms with Crippen molar-refractivity contribution in [1.29, 1.82) is 0 Å². The Morgan fingerprint density at radius 3 is 2.94 bits per heavy atom. The summed E-state index contributed by atoms with van der Waals surface area (Å²) in [6, 6.07) is 4.12. The van der Waals surface area contributed by atoms with Gasteiger partial charge in [-0.1, -0.05) is 16.3 Å². The molecule has 0 unspecified atom stereocenters. The van der Waals surface area contributed by atoms with Crippen LogP contribution in [-0.4, -0.2) is 14.6 Å². The largest absolute Gasteiger partial charge is 0.313 e. The molecule has 0 amide bonds. The minimum atomic E-state index is 0.714. The van der Waals surface area contributed by atoms with Gasteiger partial charge in [-0.05, 0) is 31.5 Å². The van der Waals surface area contributed by atoms with Crippen molar-refractivity contribution in [1.82, 2.24) is 14.6 Å². The van der Waals surface area contributed by atoms with Gasteiger partial charge in [0.15, 0.2) is 0 Å². The summed E-state index contributed by atoms with van der Waals surface area (Å²) >= 11 is 2.89. The maximum absolute atomic E-state index is 5.37. The number of nitrogen functional groups attached to an aromatic ring is 1. The summed E-state index contributed by atoms with van der Waals surface area (Å²) in [5.74, 6) is 6.08. The van der Waals surface area contributed by atoms with Crippen molar-refractivity contribution in [3.8, 4) is 0 Å². The molecule has 17 heavy (non-hydrogen) atoms. The summed E-state index contributed by atoms with van der Waals surface area (Å²) in [7, 11) is 0. The van der Waals surface area contributed by atoms with Crippen molar-refractivity contribution < 1.29 is 0 Å². The SMILES string of the molecule is Cc1cc(C)nc(SCc2nnsc2NN)c1. The van der Waals surface area contributed by atoms with E-state index in [1.807, 2.05) is 6.92 Å². The van der Waals surface area contributed by atoms with Gasteiger partial charge in [0.1, 0.15) is 10.7 Å². The molecular formula is C10H13N5S2. The predicted molar refractivity (Wildman–Crippen MR) is 71.0 cm³/mol. The van der Waals surface area contributed by atoms with E-state index in [0.29, 0.717) is 5.75 Å². The minimum Gasteiger partial charge on any atom is -0.313 e. The second kappa shape index (κ2) is 5.44. The average molecular weight is 267 g/mol. The first-order valence-corrected chi connectivity index (χ1v) is 6.81. The molecule has 2 aromatic rings. The molecule has 0 bridgehead atoms. The second-order valence-electron chi connectivity index (χ2n) is 3.61. The summed E-state index contributed by atoms with van der Waals surface area (Å²) in [5, 5.41) is 5.83. The number of hydrogen-bond donors (Lipinski definition) is 2. The number of nitrogens with zero attached hydrogens (tertiary/aromatic N) is 3. The topological polar surface area (TPSA) is 76.7 Å². The van der Waals surface area contributed by atoms with Gasteiger partial charge in [0.05, 0.1) is 5.03 Å². The van der Waals surface area contributed by atoms with E-state index in [1.54, 1.807) is 11.8 Å². The van der Waals surface area contributed by atoms with Crippen LogP contribution < -0.4 is 11.3 Å². The number of aromatic nitrogens is 3. The van der Waals surface area contributed by atoms with Gasteiger partial charge in [-0.25, -0.2) is 10.8 Å². The molecular weight excluding hydrogens is 254 g/mol. The van der Waals surface area contributed by atoms with Crippen LogP contribution in [0.1, 0.15) is 17.0 Å². The number of nitrogens with one attached hydrogen (secondary N) is 1. The third-order valence-electron chi connectivity index (χ3n) is 2.12. The van der Waals surface area contributed by atoms with Crippen molar-refractivity contribution in [2.45, 2.75) is 24.6 Å². The maximum Gasteiger partial charge on any atom is 0.148 e. The van der Waals surface area contributed by atoms with Crippen LogP contribution in [-0.2, 0) is 5.75 Å². The highest BCUT2D eigenvalue weighted by atomic mass is 32.2. The summed E-state index contributed by atoms with van der Waals surface area (Å²) in [4.78, 5) is 4.46. The van der Waals surface area contributed by atoms with Gasteiger partial charge in [0, 0.05) is 23.0 Å². The molecule has 2 aromatic heterocycles. The quantitative estimate of drug-likeness (QED) is 0.502. The Balaban J connectivity index is 2.07. The lowest BCUT2D eigenvalue weighted by molar-refractivity contribution is 1.03. The fraction of sp³-hybridized carbons (Fsp3) is 0.300. The molecule has 0 aromatic carbocycles. The van der Waals surface area contributed by atoms with Gasteiger partial charge in [-0.2, -0.15) is 0 Å². The smallest absolute Gasteiger partial charge is 0.148 e. The molecule has 0 fully saturated rings. The van der Waals surface area contributed by atoms with Crippen LogP contribution in [0.3, 0.4) is 0 Å². The molecule has 5 nitrogen and oxygen atoms in total. The second-order valence-corrected chi connectivity index (χ2v) is 5.36. The Morgan fingerprint density at radius 2 is 2.24 bits per heavy atom. The number of hydrazine groups is 1. The predicted octanol–water partition coefficient (Wildman–Crippen LogP) is 2.13. The minimum absolute atomic E-state index is 0.714. The number of aryl methyl sites for hydroxylation is 2. The summed E-state index contributed by atoms with van der Waals surface area (Å²) in [6.45, 7) is 4.06. The number of thioether (sulfide) groups is 1. The lowest BCUT2D eigenvalue weighted by Gasteiger charge is -2.03. The Labute approximate surface area is 108 Å². The Hall–Kier alpha value is -1.18. The van der Waals surface area contributed by atoms with E-state index in [9.17, 15) is 0 Å². The molecule has 3 N–H and O–H groups in total. The average Bonchev–Trinajstić information content (AvgIpc) is 2.72. The molecule has 90 valence electrons. The van der Waals surface area contributed by atoms with Crippen LogP contribution in [0.4, 0.5) is 5.00 Å². The lowest BCUT2D eigenvalue weighted by atomic mass is 10.3. The number of rotatable bonds is 4. The van der Waals surface area contributed by atoms with Crippen LogP contribution in [0.15, 0.2) is 17.2 Å². The number of anilines is 1. The molecule has 7 heteroatoms. The Morgan fingerprint density at radius 1 is 1.41 bits per heavy atom. The third-order valence-corrected chi connectivity index (χ3v) is 3.74. The first-order valence-electron chi connectivity index (χ1n) is 5.05. The number of nitrogens with two attached hydrogens (primary N) is 1. The van der Waals surface area contributed by atoms with Crippen molar-refractivity contribution in [2.24, 2.45) is 5.84 Å². The Kier molecular flexibility index (Phi) is 3.93. The van der Waals surface area contributed by atoms with Crippen molar-refractivity contribution in [3.05, 3.63) is 29.1 Å². The molecule has 0 aliphatic carbocycles. The van der Waals surface area contributed by atoms with Gasteiger partial charge in [0.2, 0.25) is 0 Å². The fourth-order valence-corrected chi connectivity index (χ4v) is 2.98. The van der Waals surface area contributed by atoms with Gasteiger partial charge < -0.3 is 5.43 Å². The van der Waals surface area contributed by atoms with Crippen LogP contribution >= 0.6 is 23.3 Å². The maximum atomic E-state index is 5.37. The molecule has 0 radical (unpaired) electrons. The van der Waals surface area contributed by atoms with Crippen LogP contribution in [0, 0.1) is 13.8 Å². The summed E-state index contributed by atoms with van der Waals surface area (Å²) in [6.07, 6.45) is 0. The standard InChI is InChI=1S/C10H13N5S2/c1-6-3-7(2)12-9(4-6)16-5-8-10(13-11)17-15-14-8/h3-4,13H,5,11H2,1-2H3. The molecule has 0 saturated heterocycles. The van der Waals surface area contributed by atoms with Gasteiger partial charge in [-0.3, -0.25) is 0 Å². The summed E-state index contributed by atoms with van der Waals surface area (Å²) < 4.78 is 3.86. The molecule has 2 rings (SSSR count). The van der Waals surface area contributed by atoms with E-state index in [4.69, 9.17) is 5.84 Å². The first-order chi connectivity index (χ1) is 8.19. The van der Waals surface area contributed by atoms with Crippen molar-refractivity contribution in [3.63, 3.8) is 0 Å². The molecule has 0 aliphatic rings. The zero-order valence-corrected chi connectivity index (χ0v) is 11.2.